The molecule has 5 nitrogen and oxygen atoms in total. The van der Waals surface area contributed by atoms with Gasteiger partial charge in [-0.05, 0) is 12.1 Å². The smallest absolute Gasteiger partial charge is 0.141 e. The lowest BCUT2D eigenvalue weighted by Crippen LogP contribution is -2.18. The molecule has 0 aliphatic heterocycles. The van der Waals surface area contributed by atoms with E-state index in [1.54, 1.807) is 19.6 Å². The van der Waals surface area contributed by atoms with E-state index in [4.69, 9.17) is 4.74 Å². The number of aromatic nitrogens is 2. The zero-order chi connectivity index (χ0) is 13.0. The first kappa shape index (κ1) is 12.4. The summed E-state index contributed by atoms with van der Waals surface area (Å²) < 4.78 is 7.15. The van der Waals surface area contributed by atoms with E-state index in [2.05, 4.69) is 10.3 Å². The predicted molar refractivity (Wildman–Crippen MR) is 69.7 cm³/mol. The van der Waals surface area contributed by atoms with E-state index >= 15 is 0 Å². The number of anilines is 1. The van der Waals surface area contributed by atoms with Crippen molar-refractivity contribution in [1.29, 1.82) is 0 Å². The quantitative estimate of drug-likeness (QED) is 0.842. The SMILES string of the molecule is COc1ccccc1NC(CO)c1cncn1C. The van der Waals surface area contributed by atoms with Crippen molar-refractivity contribution in [3.63, 3.8) is 0 Å². The molecule has 0 aliphatic carbocycles. The van der Waals surface area contributed by atoms with E-state index in [9.17, 15) is 5.11 Å². The summed E-state index contributed by atoms with van der Waals surface area (Å²) in [6.07, 6.45) is 3.45. The molecule has 1 aromatic carbocycles. The van der Waals surface area contributed by atoms with Crippen LogP contribution in [0.2, 0.25) is 0 Å². The lowest BCUT2D eigenvalue weighted by atomic mass is 10.2. The average molecular weight is 247 g/mol. The highest BCUT2D eigenvalue weighted by Crippen LogP contribution is 2.27. The van der Waals surface area contributed by atoms with Gasteiger partial charge in [0.1, 0.15) is 5.75 Å². The Kier molecular flexibility index (Phi) is 3.84. The number of para-hydroxylation sites is 2. The third kappa shape index (κ3) is 2.46. The number of rotatable bonds is 5. The number of aliphatic hydroxyl groups excluding tert-OH is 1. The fraction of sp³-hybridized carbons (Fsp3) is 0.308. The van der Waals surface area contributed by atoms with Crippen LogP contribution in [0, 0.1) is 0 Å². The maximum absolute atomic E-state index is 9.50. The van der Waals surface area contributed by atoms with E-state index in [1.807, 2.05) is 35.9 Å². The van der Waals surface area contributed by atoms with Crippen LogP contribution in [0.3, 0.4) is 0 Å². The van der Waals surface area contributed by atoms with Crippen molar-refractivity contribution in [3.8, 4) is 5.75 Å². The fourth-order valence-corrected chi connectivity index (χ4v) is 1.87. The minimum absolute atomic E-state index is 0.0163. The first-order valence-electron chi connectivity index (χ1n) is 5.73. The van der Waals surface area contributed by atoms with E-state index in [-0.39, 0.29) is 12.6 Å². The number of nitrogens with one attached hydrogen (secondary N) is 1. The molecule has 1 atom stereocenters. The van der Waals surface area contributed by atoms with Gasteiger partial charge in [-0.15, -0.1) is 0 Å². The first-order valence-corrected chi connectivity index (χ1v) is 5.73. The molecule has 1 aromatic heterocycles. The van der Waals surface area contributed by atoms with Crippen molar-refractivity contribution < 1.29 is 9.84 Å². The average Bonchev–Trinajstić information content (AvgIpc) is 2.82. The molecule has 0 saturated heterocycles. The molecule has 2 aromatic rings. The molecule has 2 rings (SSSR count). The maximum atomic E-state index is 9.50. The van der Waals surface area contributed by atoms with Crippen LogP contribution in [-0.2, 0) is 7.05 Å². The summed E-state index contributed by atoms with van der Waals surface area (Å²) in [5.74, 6) is 0.748. The standard InChI is InChI=1S/C13H17N3O2/c1-16-9-14-7-12(16)11(8-17)15-10-5-3-4-6-13(10)18-2/h3-7,9,11,15,17H,8H2,1-2H3. The molecule has 96 valence electrons. The molecule has 0 aliphatic rings. The second kappa shape index (κ2) is 5.55. The summed E-state index contributed by atoms with van der Waals surface area (Å²) in [6.45, 7) is -0.0163. The van der Waals surface area contributed by atoms with Crippen molar-refractivity contribution in [1.82, 2.24) is 9.55 Å². The van der Waals surface area contributed by atoms with Crippen LogP contribution in [0.5, 0.6) is 5.75 Å². The van der Waals surface area contributed by atoms with Crippen LogP contribution >= 0.6 is 0 Å². The molecule has 0 saturated carbocycles. The third-order valence-electron chi connectivity index (χ3n) is 2.83. The van der Waals surface area contributed by atoms with Gasteiger partial charge in [0.2, 0.25) is 0 Å². The second-order valence-corrected chi connectivity index (χ2v) is 4.01. The van der Waals surface area contributed by atoms with Gasteiger partial charge < -0.3 is 19.7 Å². The van der Waals surface area contributed by atoms with Crippen LogP contribution in [0.4, 0.5) is 5.69 Å². The van der Waals surface area contributed by atoms with Crippen molar-refractivity contribution in [3.05, 3.63) is 42.5 Å². The molecule has 0 amide bonds. The minimum atomic E-state index is -0.214. The number of nitrogens with zero attached hydrogens (tertiary/aromatic N) is 2. The fourth-order valence-electron chi connectivity index (χ4n) is 1.87. The Morgan fingerprint density at radius 1 is 1.44 bits per heavy atom. The monoisotopic (exact) mass is 247 g/mol. The van der Waals surface area contributed by atoms with Crippen LogP contribution in [0.1, 0.15) is 11.7 Å². The topological polar surface area (TPSA) is 59.3 Å². The van der Waals surface area contributed by atoms with Crippen molar-refractivity contribution in [2.75, 3.05) is 19.0 Å². The number of imidazole rings is 1. The molecule has 5 heteroatoms. The Balaban J connectivity index is 2.23. The highest BCUT2D eigenvalue weighted by Gasteiger charge is 2.15. The van der Waals surface area contributed by atoms with Crippen molar-refractivity contribution in [2.45, 2.75) is 6.04 Å². The molecule has 0 fully saturated rings. The van der Waals surface area contributed by atoms with Crippen LogP contribution in [0.25, 0.3) is 0 Å². The summed E-state index contributed by atoms with van der Waals surface area (Å²) in [7, 11) is 3.52. The summed E-state index contributed by atoms with van der Waals surface area (Å²) in [4.78, 5) is 4.06. The van der Waals surface area contributed by atoms with Crippen molar-refractivity contribution >= 4 is 5.69 Å². The number of methoxy groups -OCH3 is 1. The van der Waals surface area contributed by atoms with Gasteiger partial charge in [0.15, 0.2) is 0 Å². The van der Waals surface area contributed by atoms with Gasteiger partial charge in [-0.3, -0.25) is 0 Å². The molecule has 0 spiro atoms. The van der Waals surface area contributed by atoms with E-state index in [1.165, 1.54) is 0 Å². The minimum Gasteiger partial charge on any atom is -0.495 e. The summed E-state index contributed by atoms with van der Waals surface area (Å²) >= 11 is 0. The van der Waals surface area contributed by atoms with Gasteiger partial charge in [-0.2, -0.15) is 0 Å². The van der Waals surface area contributed by atoms with Crippen LogP contribution < -0.4 is 10.1 Å². The number of benzene rings is 1. The number of hydrogen-bond acceptors (Lipinski definition) is 4. The molecule has 1 unspecified atom stereocenters. The molecule has 0 radical (unpaired) electrons. The van der Waals surface area contributed by atoms with Crippen molar-refractivity contribution in [2.24, 2.45) is 7.05 Å². The Bertz CT molecular complexity index is 510. The van der Waals surface area contributed by atoms with E-state index < -0.39 is 0 Å². The molecule has 2 N–H and O–H groups in total. The number of aliphatic hydroxyl groups is 1. The number of ether oxygens (including phenoxy) is 1. The van der Waals surface area contributed by atoms with Gasteiger partial charge in [-0.1, -0.05) is 12.1 Å². The predicted octanol–water partition coefficient (Wildman–Crippen LogP) is 1.57. The molecule has 0 bridgehead atoms. The molecule has 18 heavy (non-hydrogen) atoms. The normalized spacial score (nSPS) is 12.2. The van der Waals surface area contributed by atoms with E-state index in [0.29, 0.717) is 0 Å². The summed E-state index contributed by atoms with van der Waals surface area (Å²) in [5.41, 5.74) is 1.77. The Labute approximate surface area is 106 Å². The summed E-state index contributed by atoms with van der Waals surface area (Å²) in [5, 5.41) is 12.8. The van der Waals surface area contributed by atoms with Gasteiger partial charge in [-0.25, -0.2) is 4.98 Å². The van der Waals surface area contributed by atoms with Gasteiger partial charge in [0, 0.05) is 7.05 Å². The Morgan fingerprint density at radius 3 is 2.83 bits per heavy atom. The Morgan fingerprint density at radius 2 is 2.22 bits per heavy atom. The lowest BCUT2D eigenvalue weighted by molar-refractivity contribution is 0.272. The highest BCUT2D eigenvalue weighted by atomic mass is 16.5. The van der Waals surface area contributed by atoms with E-state index in [0.717, 1.165) is 17.1 Å². The maximum Gasteiger partial charge on any atom is 0.141 e. The summed E-state index contributed by atoms with van der Waals surface area (Å²) in [6, 6.07) is 7.40. The largest absolute Gasteiger partial charge is 0.495 e. The Hall–Kier alpha value is -2.01. The van der Waals surface area contributed by atoms with Gasteiger partial charge in [0.25, 0.3) is 0 Å². The van der Waals surface area contributed by atoms with Gasteiger partial charge >= 0.3 is 0 Å². The number of hydrogen-bond donors (Lipinski definition) is 2. The van der Waals surface area contributed by atoms with Crippen LogP contribution in [0.15, 0.2) is 36.8 Å². The zero-order valence-corrected chi connectivity index (χ0v) is 10.5. The first-order chi connectivity index (χ1) is 8.76. The lowest BCUT2D eigenvalue weighted by Gasteiger charge is -2.19. The van der Waals surface area contributed by atoms with Crippen LogP contribution in [-0.4, -0.2) is 28.4 Å². The third-order valence-corrected chi connectivity index (χ3v) is 2.83. The highest BCUT2D eigenvalue weighted by molar-refractivity contribution is 5.57. The second-order valence-electron chi connectivity index (χ2n) is 4.01. The molecular weight excluding hydrogens is 230 g/mol. The van der Waals surface area contributed by atoms with Gasteiger partial charge in [0.05, 0.1) is 43.7 Å². The molecule has 1 heterocycles. The molecular formula is C13H17N3O2. The number of aryl methyl sites for hydroxylation is 1. The zero-order valence-electron chi connectivity index (χ0n) is 10.5.